The van der Waals surface area contributed by atoms with Gasteiger partial charge in [-0.3, -0.25) is 4.79 Å². The van der Waals surface area contributed by atoms with Gasteiger partial charge in [0, 0.05) is 5.69 Å². The van der Waals surface area contributed by atoms with Gasteiger partial charge in [-0.2, -0.15) is 0 Å². The minimum absolute atomic E-state index is 0.00407. The van der Waals surface area contributed by atoms with E-state index in [0.717, 1.165) is 45.6 Å². The second-order valence-electron chi connectivity index (χ2n) is 9.56. The predicted octanol–water partition coefficient (Wildman–Crippen LogP) is 4.94. The van der Waals surface area contributed by atoms with E-state index in [2.05, 4.69) is 13.8 Å². The third kappa shape index (κ3) is 14.4. The van der Waals surface area contributed by atoms with Crippen molar-refractivity contribution < 1.29 is 47.2 Å². The fourth-order valence-electron chi connectivity index (χ4n) is 4.05. The number of nitrogens with two attached hydrogens (primary N) is 1. The molecule has 35 heavy (non-hydrogen) atoms. The first kappa shape index (κ1) is 34.1. The molecule has 9 heteroatoms. The molecule has 1 aromatic rings. The van der Waals surface area contributed by atoms with Gasteiger partial charge in [0.2, 0.25) is 0 Å². The molecule has 2 atom stereocenters. The molecule has 1 aromatic carbocycles. The fraction of sp³-hybridized carbons (Fsp3) is 0.731. The SMILES string of the molecule is CC(C)CCCCCCCCCCCCCC(C(=O)C(O)CO)S(=O)(=O)c1ccc(N)cc1.[O]=[Ti]. The summed E-state index contributed by atoms with van der Waals surface area (Å²) in [7, 11) is -3.97. The number of benzene rings is 1. The van der Waals surface area contributed by atoms with Gasteiger partial charge in [-0.1, -0.05) is 90.9 Å². The van der Waals surface area contributed by atoms with Crippen LogP contribution in [0.2, 0.25) is 0 Å². The van der Waals surface area contributed by atoms with Gasteiger partial charge >= 0.3 is 23.7 Å². The summed E-state index contributed by atoms with van der Waals surface area (Å²) in [5.41, 5.74) is 6.06. The minimum atomic E-state index is -3.97. The zero-order valence-electron chi connectivity index (χ0n) is 21.5. The molecule has 4 N–H and O–H groups in total. The van der Waals surface area contributed by atoms with Crippen LogP contribution in [-0.2, 0) is 38.4 Å². The Morgan fingerprint density at radius 2 is 1.23 bits per heavy atom. The standard InChI is InChI=1S/C26H45NO5S.O.Ti/c1-21(2)14-12-10-8-6-4-3-5-7-9-11-13-15-25(26(30)24(29)20-28)33(31,32)23-18-16-22(27)17-19-23;;/h16-19,21,24-25,28-29H,3-15,20,27H2,1-2H3;;. The van der Waals surface area contributed by atoms with Crippen molar-refractivity contribution in [1.29, 1.82) is 0 Å². The molecule has 200 valence electrons. The number of rotatable bonds is 19. The molecule has 0 saturated heterocycles. The van der Waals surface area contributed by atoms with E-state index in [-0.39, 0.29) is 11.3 Å². The Balaban J connectivity index is 0.00000562. The topological polar surface area (TPSA) is 135 Å². The molecule has 0 aliphatic rings. The van der Waals surface area contributed by atoms with Gasteiger partial charge in [0.1, 0.15) is 11.4 Å². The second-order valence-corrected chi connectivity index (χ2v) is 11.7. The van der Waals surface area contributed by atoms with Gasteiger partial charge in [0.05, 0.1) is 11.5 Å². The molecule has 0 saturated carbocycles. The number of ketones is 1. The van der Waals surface area contributed by atoms with Gasteiger partial charge in [-0.05, 0) is 36.6 Å². The molecule has 0 aliphatic heterocycles. The summed E-state index contributed by atoms with van der Waals surface area (Å²) in [6.45, 7) is 3.76. The molecule has 0 spiro atoms. The number of carbonyl (C=O) groups is 1. The molecule has 0 fully saturated rings. The third-order valence-electron chi connectivity index (χ3n) is 6.15. The summed E-state index contributed by atoms with van der Waals surface area (Å²) >= 11 is 0.750. The van der Waals surface area contributed by atoms with Crippen molar-refractivity contribution in [2.24, 2.45) is 5.92 Å². The van der Waals surface area contributed by atoms with Crippen molar-refractivity contribution >= 4 is 21.3 Å². The molecular formula is C26H45NO6STi. The molecule has 0 bridgehead atoms. The van der Waals surface area contributed by atoms with Crippen LogP contribution in [0.4, 0.5) is 5.69 Å². The van der Waals surface area contributed by atoms with E-state index in [9.17, 15) is 18.3 Å². The van der Waals surface area contributed by atoms with Gasteiger partial charge in [0.25, 0.3) is 0 Å². The van der Waals surface area contributed by atoms with Crippen LogP contribution in [0.1, 0.15) is 97.3 Å². The Hall–Kier alpha value is -0.926. The maximum absolute atomic E-state index is 13.0. The summed E-state index contributed by atoms with van der Waals surface area (Å²) in [6.07, 6.45) is 12.3. The quantitative estimate of drug-likeness (QED) is 0.127. The second kappa shape index (κ2) is 20.2. The first-order valence-electron chi connectivity index (χ1n) is 12.8. The number of unbranched alkanes of at least 4 members (excludes halogenated alkanes) is 10. The van der Waals surface area contributed by atoms with Crippen molar-refractivity contribution in [1.82, 2.24) is 0 Å². The van der Waals surface area contributed by atoms with Crippen LogP contribution < -0.4 is 5.73 Å². The van der Waals surface area contributed by atoms with Crippen LogP contribution in [0.15, 0.2) is 29.2 Å². The van der Waals surface area contributed by atoms with Crippen molar-refractivity contribution in [3.63, 3.8) is 0 Å². The molecular weight excluding hydrogens is 502 g/mol. The zero-order valence-corrected chi connectivity index (χ0v) is 23.8. The van der Waals surface area contributed by atoms with E-state index in [0.29, 0.717) is 12.1 Å². The molecule has 0 radical (unpaired) electrons. The number of anilines is 1. The van der Waals surface area contributed by atoms with E-state index in [1.807, 2.05) is 0 Å². The van der Waals surface area contributed by atoms with Crippen LogP contribution in [0.3, 0.4) is 0 Å². The molecule has 2 unspecified atom stereocenters. The van der Waals surface area contributed by atoms with Crippen LogP contribution in [0.5, 0.6) is 0 Å². The van der Waals surface area contributed by atoms with Crippen molar-refractivity contribution in [3.05, 3.63) is 24.3 Å². The van der Waals surface area contributed by atoms with Gasteiger partial charge < -0.3 is 15.9 Å². The van der Waals surface area contributed by atoms with E-state index < -0.39 is 33.6 Å². The third-order valence-corrected chi connectivity index (χ3v) is 8.30. The number of carbonyl (C=O) groups excluding carboxylic acids is 1. The predicted molar refractivity (Wildman–Crippen MR) is 135 cm³/mol. The van der Waals surface area contributed by atoms with Crippen molar-refractivity contribution in [3.8, 4) is 0 Å². The molecule has 0 aliphatic carbocycles. The maximum atomic E-state index is 13.0. The number of nitrogen functional groups attached to an aromatic ring is 1. The number of Topliss-reactive ketones (excluding diaryl/α,β-unsaturated/α-hetero) is 1. The summed E-state index contributed by atoms with van der Waals surface area (Å²) in [5, 5.41) is 17.6. The molecule has 0 aromatic heterocycles. The van der Waals surface area contributed by atoms with Crippen LogP contribution >= 0.6 is 0 Å². The normalized spacial score (nSPS) is 13.1. The Labute approximate surface area is 223 Å². The molecule has 1 rings (SSSR count). The summed E-state index contributed by atoms with van der Waals surface area (Å²) in [6, 6.07) is 5.70. The number of aliphatic hydroxyl groups is 2. The summed E-state index contributed by atoms with van der Waals surface area (Å²) in [5.74, 6) is -0.0429. The number of sulfone groups is 1. The first-order valence-corrected chi connectivity index (χ1v) is 15.0. The van der Waals surface area contributed by atoms with E-state index in [1.165, 1.54) is 75.6 Å². The van der Waals surface area contributed by atoms with E-state index >= 15 is 0 Å². The first-order chi connectivity index (χ1) is 16.7. The average Bonchev–Trinajstić information content (AvgIpc) is 2.84. The van der Waals surface area contributed by atoms with Crippen molar-refractivity contribution in [2.75, 3.05) is 12.3 Å². The Bertz CT molecular complexity index is 786. The van der Waals surface area contributed by atoms with E-state index in [4.69, 9.17) is 14.2 Å². The Kier molecular flexibility index (Phi) is 19.6. The van der Waals surface area contributed by atoms with Gasteiger partial charge in [-0.15, -0.1) is 0 Å². The van der Waals surface area contributed by atoms with E-state index in [1.54, 1.807) is 0 Å². The van der Waals surface area contributed by atoms with Gasteiger partial charge in [0.15, 0.2) is 15.6 Å². The zero-order chi connectivity index (χ0) is 26.7. The van der Waals surface area contributed by atoms with Crippen molar-refractivity contribution in [2.45, 2.75) is 114 Å². The van der Waals surface area contributed by atoms with Crippen LogP contribution in [0.25, 0.3) is 0 Å². The number of hydrogen-bond acceptors (Lipinski definition) is 7. The fourth-order valence-corrected chi connectivity index (χ4v) is 5.83. The molecule has 0 heterocycles. The van der Waals surface area contributed by atoms with Gasteiger partial charge in [-0.25, -0.2) is 8.42 Å². The molecule has 0 amide bonds. The van der Waals surface area contributed by atoms with Crippen LogP contribution in [0, 0.1) is 5.92 Å². The number of aliphatic hydroxyl groups excluding tert-OH is 2. The Morgan fingerprint density at radius 3 is 1.63 bits per heavy atom. The number of hydrogen-bond donors (Lipinski definition) is 3. The summed E-state index contributed by atoms with van der Waals surface area (Å²) in [4.78, 5) is 12.5. The van der Waals surface area contributed by atoms with Crippen LogP contribution in [-0.4, -0.2) is 42.4 Å². The average molecular weight is 548 g/mol. The monoisotopic (exact) mass is 547 g/mol. The molecule has 7 nitrogen and oxygen atoms in total. The summed E-state index contributed by atoms with van der Waals surface area (Å²) < 4.78 is 34.3. The Morgan fingerprint density at radius 1 is 0.829 bits per heavy atom.